The molecule has 0 spiro atoms. The molecule has 0 saturated carbocycles. The molecule has 2 atom stereocenters. The molecule has 1 fully saturated rings. The molecule has 0 radical (unpaired) electrons. The molecule has 130 valence electrons. The minimum absolute atomic E-state index is 0.123. The second-order valence-corrected chi connectivity index (χ2v) is 7.31. The van der Waals surface area contributed by atoms with Crippen molar-refractivity contribution in [1.29, 1.82) is 0 Å². The van der Waals surface area contributed by atoms with Gasteiger partial charge in [0.1, 0.15) is 23.1 Å². The van der Waals surface area contributed by atoms with Gasteiger partial charge in [-0.1, -0.05) is 0 Å². The summed E-state index contributed by atoms with van der Waals surface area (Å²) in [6.07, 6.45) is 1.38. The van der Waals surface area contributed by atoms with Gasteiger partial charge in [-0.3, -0.25) is 0 Å². The van der Waals surface area contributed by atoms with Gasteiger partial charge < -0.3 is 14.8 Å². The lowest BCUT2D eigenvalue weighted by Gasteiger charge is -2.28. The number of methoxy groups -OCH3 is 1. The zero-order valence-electron chi connectivity index (χ0n) is 13.3. The van der Waals surface area contributed by atoms with Gasteiger partial charge in [0, 0.05) is 19.2 Å². The van der Waals surface area contributed by atoms with Crippen LogP contribution in [-0.2, 0) is 14.8 Å². The Labute approximate surface area is 136 Å². The van der Waals surface area contributed by atoms with Gasteiger partial charge in [-0.15, -0.1) is 0 Å². The van der Waals surface area contributed by atoms with Gasteiger partial charge in [0.25, 0.3) is 0 Å². The van der Waals surface area contributed by atoms with Gasteiger partial charge in [-0.05, 0) is 44.5 Å². The van der Waals surface area contributed by atoms with Crippen molar-refractivity contribution >= 4 is 10.0 Å². The molecule has 23 heavy (non-hydrogen) atoms. The molecule has 0 amide bonds. The summed E-state index contributed by atoms with van der Waals surface area (Å²) in [7, 11) is -2.34. The highest BCUT2D eigenvalue weighted by Crippen LogP contribution is 2.25. The second kappa shape index (κ2) is 8.05. The van der Waals surface area contributed by atoms with Crippen molar-refractivity contribution in [3.63, 3.8) is 0 Å². The number of halogens is 1. The summed E-state index contributed by atoms with van der Waals surface area (Å²) in [5, 5.41) is 3.26. The lowest BCUT2D eigenvalue weighted by Crippen LogP contribution is -2.46. The van der Waals surface area contributed by atoms with Crippen molar-refractivity contribution < 1.29 is 22.3 Å². The molecular formula is C15H23FN2O4S. The molecule has 1 heterocycles. The van der Waals surface area contributed by atoms with Crippen molar-refractivity contribution in [3.05, 3.63) is 24.0 Å². The number of hydrogen-bond donors (Lipinski definition) is 2. The Balaban J connectivity index is 2.18. The Kier molecular flexibility index (Phi) is 6.34. The van der Waals surface area contributed by atoms with Gasteiger partial charge in [0.15, 0.2) is 0 Å². The fourth-order valence-electron chi connectivity index (χ4n) is 2.57. The van der Waals surface area contributed by atoms with Crippen LogP contribution in [0, 0.1) is 5.82 Å². The smallest absolute Gasteiger partial charge is 0.244 e. The number of nitrogens with one attached hydrogen (secondary N) is 2. The van der Waals surface area contributed by atoms with Crippen LogP contribution < -0.4 is 14.8 Å². The molecule has 8 heteroatoms. The Morgan fingerprint density at radius 2 is 2.17 bits per heavy atom. The molecule has 2 unspecified atom stereocenters. The van der Waals surface area contributed by atoms with Crippen LogP contribution in [0.15, 0.2) is 23.1 Å². The zero-order valence-corrected chi connectivity index (χ0v) is 14.2. The third-order valence-electron chi connectivity index (χ3n) is 3.69. The first-order valence-corrected chi connectivity index (χ1v) is 9.07. The van der Waals surface area contributed by atoms with E-state index >= 15 is 0 Å². The standard InChI is InChI=1S/C15H23FN2O4S/c1-11-9-13(5-6-17-11)18-23(19,20)15-10-12(16)3-4-14(15)22-8-7-21-2/h3-4,10-11,13,17-18H,5-9H2,1-2H3. The van der Waals surface area contributed by atoms with Crippen LogP contribution in [0.4, 0.5) is 4.39 Å². The molecule has 1 aliphatic rings. The van der Waals surface area contributed by atoms with Gasteiger partial charge in [-0.25, -0.2) is 17.5 Å². The molecule has 0 aromatic heterocycles. The molecule has 1 aliphatic heterocycles. The molecule has 2 rings (SSSR count). The highest BCUT2D eigenvalue weighted by Gasteiger charge is 2.27. The van der Waals surface area contributed by atoms with E-state index in [4.69, 9.17) is 9.47 Å². The average molecular weight is 346 g/mol. The van der Waals surface area contributed by atoms with Gasteiger partial charge in [-0.2, -0.15) is 0 Å². The fraction of sp³-hybridized carbons (Fsp3) is 0.600. The van der Waals surface area contributed by atoms with Crippen LogP contribution in [0.3, 0.4) is 0 Å². The lowest BCUT2D eigenvalue weighted by atomic mass is 10.0. The molecule has 1 aromatic rings. The minimum atomic E-state index is -3.86. The molecular weight excluding hydrogens is 323 g/mol. The first-order chi connectivity index (χ1) is 10.9. The Bertz CT molecular complexity index is 624. The number of hydrogen-bond acceptors (Lipinski definition) is 5. The number of benzene rings is 1. The number of piperidine rings is 1. The highest BCUT2D eigenvalue weighted by molar-refractivity contribution is 7.89. The van der Waals surface area contributed by atoms with Crippen LogP contribution in [0.25, 0.3) is 0 Å². The minimum Gasteiger partial charge on any atom is -0.490 e. The summed E-state index contributed by atoms with van der Waals surface area (Å²) in [5.41, 5.74) is 0. The maximum absolute atomic E-state index is 13.5. The summed E-state index contributed by atoms with van der Waals surface area (Å²) < 4.78 is 51.7. The summed E-state index contributed by atoms with van der Waals surface area (Å²) in [5.74, 6) is -0.499. The molecule has 0 bridgehead atoms. The van der Waals surface area contributed by atoms with E-state index in [0.717, 1.165) is 12.6 Å². The monoisotopic (exact) mass is 346 g/mol. The largest absolute Gasteiger partial charge is 0.490 e. The summed E-state index contributed by atoms with van der Waals surface area (Å²) in [6.45, 7) is 3.25. The number of ether oxygens (including phenoxy) is 2. The molecule has 0 aliphatic carbocycles. The van der Waals surface area contributed by atoms with E-state index in [1.165, 1.54) is 19.2 Å². The van der Waals surface area contributed by atoms with Gasteiger partial charge in [0.05, 0.1) is 6.61 Å². The van der Waals surface area contributed by atoms with Gasteiger partial charge >= 0.3 is 0 Å². The molecule has 1 aromatic carbocycles. The topological polar surface area (TPSA) is 76.7 Å². The Morgan fingerprint density at radius 3 is 2.87 bits per heavy atom. The van der Waals surface area contributed by atoms with E-state index in [1.807, 2.05) is 6.92 Å². The molecule has 1 saturated heterocycles. The lowest BCUT2D eigenvalue weighted by molar-refractivity contribution is 0.144. The maximum atomic E-state index is 13.5. The first kappa shape index (κ1) is 18.1. The predicted molar refractivity (Wildman–Crippen MR) is 84.6 cm³/mol. The van der Waals surface area contributed by atoms with Crippen molar-refractivity contribution in [3.8, 4) is 5.75 Å². The van der Waals surface area contributed by atoms with E-state index in [9.17, 15) is 12.8 Å². The zero-order chi connectivity index (χ0) is 16.9. The van der Waals surface area contributed by atoms with Crippen LogP contribution in [0.1, 0.15) is 19.8 Å². The van der Waals surface area contributed by atoms with Gasteiger partial charge in [0.2, 0.25) is 10.0 Å². The van der Waals surface area contributed by atoms with Crippen LogP contribution >= 0.6 is 0 Å². The van der Waals surface area contributed by atoms with E-state index in [-0.39, 0.29) is 29.3 Å². The van der Waals surface area contributed by atoms with Crippen LogP contribution in [0.2, 0.25) is 0 Å². The quantitative estimate of drug-likeness (QED) is 0.727. The second-order valence-electron chi connectivity index (χ2n) is 5.63. The fourth-order valence-corrected chi connectivity index (χ4v) is 4.01. The van der Waals surface area contributed by atoms with Crippen molar-refractivity contribution in [2.75, 3.05) is 26.9 Å². The normalized spacial score (nSPS) is 22.0. The summed E-state index contributed by atoms with van der Waals surface area (Å²) in [6, 6.07) is 3.54. The predicted octanol–water partition coefficient (Wildman–Crippen LogP) is 1.27. The third kappa shape index (κ3) is 5.13. The number of sulfonamides is 1. The molecule has 6 nitrogen and oxygen atoms in total. The van der Waals surface area contributed by atoms with Crippen molar-refractivity contribution in [2.45, 2.75) is 36.7 Å². The maximum Gasteiger partial charge on any atom is 0.244 e. The SMILES string of the molecule is COCCOc1ccc(F)cc1S(=O)(=O)NC1CCNC(C)C1. The first-order valence-electron chi connectivity index (χ1n) is 7.59. The Hall–Kier alpha value is -1.22. The van der Waals surface area contributed by atoms with E-state index < -0.39 is 15.8 Å². The van der Waals surface area contributed by atoms with Crippen molar-refractivity contribution in [1.82, 2.24) is 10.0 Å². The van der Waals surface area contributed by atoms with E-state index in [0.29, 0.717) is 19.4 Å². The third-order valence-corrected chi connectivity index (χ3v) is 5.23. The summed E-state index contributed by atoms with van der Waals surface area (Å²) >= 11 is 0. The van der Waals surface area contributed by atoms with Crippen LogP contribution in [0.5, 0.6) is 5.75 Å². The molecule has 2 N–H and O–H groups in total. The number of rotatable bonds is 7. The van der Waals surface area contributed by atoms with E-state index in [1.54, 1.807) is 0 Å². The van der Waals surface area contributed by atoms with Crippen molar-refractivity contribution in [2.24, 2.45) is 0 Å². The van der Waals surface area contributed by atoms with E-state index in [2.05, 4.69) is 10.0 Å². The highest BCUT2D eigenvalue weighted by atomic mass is 32.2. The average Bonchev–Trinajstić information content (AvgIpc) is 2.48. The Morgan fingerprint density at radius 1 is 1.39 bits per heavy atom. The summed E-state index contributed by atoms with van der Waals surface area (Å²) in [4.78, 5) is -0.181. The van der Waals surface area contributed by atoms with Crippen LogP contribution in [-0.4, -0.2) is 47.4 Å².